The van der Waals surface area contributed by atoms with Gasteiger partial charge < -0.3 is 5.11 Å². The van der Waals surface area contributed by atoms with Gasteiger partial charge in [0.25, 0.3) is 0 Å². The Morgan fingerprint density at radius 2 is 2.14 bits per heavy atom. The highest BCUT2D eigenvalue weighted by molar-refractivity contribution is 5.86. The number of rotatable bonds is 2. The lowest BCUT2D eigenvalue weighted by Crippen LogP contribution is -1.84. The summed E-state index contributed by atoms with van der Waals surface area (Å²) in [5, 5.41) is 11.5. The highest BCUT2D eigenvalue weighted by Crippen LogP contribution is 2.24. The summed E-state index contributed by atoms with van der Waals surface area (Å²) < 4.78 is 0. The Hall–Kier alpha value is -1.76. The lowest BCUT2D eigenvalue weighted by atomic mass is 10.0. The molecule has 14 heavy (non-hydrogen) atoms. The van der Waals surface area contributed by atoms with Crippen LogP contribution in [-0.4, -0.2) is 5.11 Å². The molecule has 0 saturated heterocycles. The first kappa shape index (κ1) is 8.82. The maximum absolute atomic E-state index is 9.45. The number of benzene rings is 2. The van der Waals surface area contributed by atoms with E-state index >= 15 is 0 Å². The Bertz CT molecular complexity index is 472. The Morgan fingerprint density at radius 3 is 2.93 bits per heavy atom. The fourth-order valence-corrected chi connectivity index (χ4v) is 1.61. The Labute approximate surface area is 83.3 Å². The number of hydrogen-bond acceptors (Lipinski definition) is 1. The predicted octanol–water partition coefficient (Wildman–Crippen LogP) is 3.07. The molecule has 0 atom stereocenters. The monoisotopic (exact) mass is 183 g/mol. The molecule has 0 amide bonds. The summed E-state index contributed by atoms with van der Waals surface area (Å²) in [6, 6.07) is 12.6. The van der Waals surface area contributed by atoms with Crippen LogP contribution in [0.15, 0.2) is 43.0 Å². The molecule has 0 bridgehead atoms. The van der Waals surface area contributed by atoms with Gasteiger partial charge in [0, 0.05) is 6.07 Å². The van der Waals surface area contributed by atoms with Gasteiger partial charge in [-0.3, -0.25) is 0 Å². The SMILES string of the molecule is C=CCc1cc(O)[c]c2ccccc12. The minimum absolute atomic E-state index is 0.195. The second-order valence-electron chi connectivity index (χ2n) is 3.22. The van der Waals surface area contributed by atoms with Gasteiger partial charge in [-0.15, -0.1) is 6.58 Å². The summed E-state index contributed by atoms with van der Waals surface area (Å²) >= 11 is 0. The van der Waals surface area contributed by atoms with Crippen LogP contribution < -0.4 is 0 Å². The van der Waals surface area contributed by atoms with Gasteiger partial charge in [0.2, 0.25) is 0 Å². The van der Waals surface area contributed by atoms with E-state index in [0.29, 0.717) is 0 Å². The van der Waals surface area contributed by atoms with E-state index in [1.807, 2.05) is 30.3 Å². The molecule has 0 aliphatic carbocycles. The van der Waals surface area contributed by atoms with Gasteiger partial charge in [-0.2, -0.15) is 0 Å². The Kier molecular flexibility index (Phi) is 2.23. The smallest absolute Gasteiger partial charge is 0.124 e. The van der Waals surface area contributed by atoms with Crippen LogP contribution in [0.25, 0.3) is 10.8 Å². The summed E-state index contributed by atoms with van der Waals surface area (Å²) in [5.41, 5.74) is 1.09. The largest absolute Gasteiger partial charge is 0.507 e. The molecule has 0 fully saturated rings. The standard InChI is InChI=1S/C13H11O/c1-2-5-10-8-12(14)9-11-6-3-4-7-13(10)11/h2-4,6-8,14H,1,5H2. The normalized spacial score (nSPS) is 10.3. The molecule has 0 saturated carbocycles. The van der Waals surface area contributed by atoms with Crippen molar-refractivity contribution in [1.82, 2.24) is 0 Å². The van der Waals surface area contributed by atoms with Crippen molar-refractivity contribution < 1.29 is 5.11 Å². The summed E-state index contributed by atoms with van der Waals surface area (Å²) in [5.74, 6) is 0.195. The molecule has 1 N–H and O–H groups in total. The highest BCUT2D eigenvalue weighted by atomic mass is 16.3. The Morgan fingerprint density at radius 1 is 1.36 bits per heavy atom. The van der Waals surface area contributed by atoms with Crippen LogP contribution in [0.4, 0.5) is 0 Å². The third-order valence-electron chi connectivity index (χ3n) is 2.21. The maximum Gasteiger partial charge on any atom is 0.124 e. The van der Waals surface area contributed by atoms with Crippen molar-refractivity contribution in [3.8, 4) is 5.75 Å². The summed E-state index contributed by atoms with van der Waals surface area (Å²) in [6.45, 7) is 3.70. The van der Waals surface area contributed by atoms with Gasteiger partial charge >= 0.3 is 0 Å². The number of allylic oxidation sites excluding steroid dienone is 1. The summed E-state index contributed by atoms with van der Waals surface area (Å²) in [6.07, 6.45) is 2.60. The zero-order chi connectivity index (χ0) is 9.97. The lowest BCUT2D eigenvalue weighted by Gasteiger charge is -2.04. The first-order chi connectivity index (χ1) is 6.81. The van der Waals surface area contributed by atoms with Crippen molar-refractivity contribution >= 4 is 10.8 Å². The van der Waals surface area contributed by atoms with Crippen LogP contribution in [0.1, 0.15) is 5.56 Å². The average Bonchev–Trinajstić information content (AvgIpc) is 2.18. The van der Waals surface area contributed by atoms with Gasteiger partial charge in [-0.05, 0) is 28.8 Å². The van der Waals surface area contributed by atoms with Crippen molar-refractivity contribution in [3.63, 3.8) is 0 Å². The number of phenolic OH excluding ortho intramolecular Hbond substituents is 1. The quantitative estimate of drug-likeness (QED) is 0.709. The molecular formula is C13H11O. The third-order valence-corrected chi connectivity index (χ3v) is 2.21. The highest BCUT2D eigenvalue weighted by Gasteiger charge is 2.01. The second kappa shape index (κ2) is 3.54. The van der Waals surface area contributed by atoms with E-state index in [4.69, 9.17) is 0 Å². The molecule has 69 valence electrons. The molecule has 1 radical (unpaired) electrons. The first-order valence-electron chi connectivity index (χ1n) is 4.55. The molecule has 2 aromatic carbocycles. The number of phenols is 1. The molecule has 1 heteroatoms. The lowest BCUT2D eigenvalue weighted by molar-refractivity contribution is 0.474. The number of aromatic hydroxyl groups is 1. The molecule has 0 unspecified atom stereocenters. The zero-order valence-electron chi connectivity index (χ0n) is 7.83. The van der Waals surface area contributed by atoms with Crippen molar-refractivity contribution in [2.75, 3.05) is 0 Å². The Balaban J connectivity index is 2.73. The van der Waals surface area contributed by atoms with Crippen molar-refractivity contribution in [1.29, 1.82) is 0 Å². The predicted molar refractivity (Wildman–Crippen MR) is 58.3 cm³/mol. The van der Waals surface area contributed by atoms with E-state index in [0.717, 1.165) is 22.8 Å². The van der Waals surface area contributed by atoms with E-state index < -0.39 is 0 Å². The molecular weight excluding hydrogens is 172 g/mol. The topological polar surface area (TPSA) is 20.2 Å². The average molecular weight is 183 g/mol. The van der Waals surface area contributed by atoms with Gasteiger partial charge in [0.1, 0.15) is 5.75 Å². The number of hydrogen-bond donors (Lipinski definition) is 1. The summed E-state index contributed by atoms with van der Waals surface area (Å²) in [4.78, 5) is 0. The minimum atomic E-state index is 0.195. The molecule has 0 spiro atoms. The maximum atomic E-state index is 9.45. The van der Waals surface area contributed by atoms with E-state index in [2.05, 4.69) is 12.6 Å². The molecule has 2 rings (SSSR count). The summed E-state index contributed by atoms with van der Waals surface area (Å²) in [7, 11) is 0. The number of fused-ring (bicyclic) bond motifs is 1. The van der Waals surface area contributed by atoms with Gasteiger partial charge in [-0.1, -0.05) is 30.3 Å². The first-order valence-corrected chi connectivity index (χ1v) is 4.55. The van der Waals surface area contributed by atoms with Crippen molar-refractivity contribution in [2.24, 2.45) is 0 Å². The third kappa shape index (κ3) is 1.49. The van der Waals surface area contributed by atoms with Crippen LogP contribution in [0.3, 0.4) is 0 Å². The van der Waals surface area contributed by atoms with Gasteiger partial charge in [0.05, 0.1) is 0 Å². The van der Waals surface area contributed by atoms with Gasteiger partial charge in [-0.25, -0.2) is 0 Å². The molecule has 0 heterocycles. The van der Waals surface area contributed by atoms with E-state index in [1.54, 1.807) is 6.07 Å². The van der Waals surface area contributed by atoms with Crippen LogP contribution in [0.5, 0.6) is 5.75 Å². The van der Waals surface area contributed by atoms with Crippen LogP contribution in [-0.2, 0) is 6.42 Å². The molecule has 0 aromatic heterocycles. The second-order valence-corrected chi connectivity index (χ2v) is 3.22. The van der Waals surface area contributed by atoms with E-state index in [-0.39, 0.29) is 5.75 Å². The molecule has 1 nitrogen and oxygen atoms in total. The minimum Gasteiger partial charge on any atom is -0.507 e. The fraction of sp³-hybridized carbons (Fsp3) is 0.0769. The zero-order valence-corrected chi connectivity index (χ0v) is 7.83. The molecule has 0 aliphatic heterocycles. The van der Waals surface area contributed by atoms with E-state index in [1.165, 1.54) is 0 Å². The van der Waals surface area contributed by atoms with Crippen molar-refractivity contribution in [3.05, 3.63) is 54.6 Å². The fourth-order valence-electron chi connectivity index (χ4n) is 1.61. The van der Waals surface area contributed by atoms with E-state index in [9.17, 15) is 5.11 Å². The van der Waals surface area contributed by atoms with Gasteiger partial charge in [0.15, 0.2) is 0 Å². The van der Waals surface area contributed by atoms with Crippen LogP contribution in [0, 0.1) is 6.07 Å². The molecule has 0 aliphatic rings. The van der Waals surface area contributed by atoms with Crippen LogP contribution in [0.2, 0.25) is 0 Å². The van der Waals surface area contributed by atoms with Crippen molar-refractivity contribution in [2.45, 2.75) is 6.42 Å². The van der Waals surface area contributed by atoms with Crippen LogP contribution >= 0.6 is 0 Å². The molecule has 2 aromatic rings.